The Labute approximate surface area is 157 Å². The number of nitrogens with one attached hydrogen (secondary N) is 1. The second kappa shape index (κ2) is 8.19. The molecule has 6 heteroatoms. The molecule has 1 amide bonds. The van der Waals surface area contributed by atoms with Gasteiger partial charge in [0.2, 0.25) is 11.8 Å². The molecule has 26 heavy (non-hydrogen) atoms. The number of hydrogen-bond acceptors (Lipinski definition) is 5. The van der Waals surface area contributed by atoms with Crippen LogP contribution in [0.15, 0.2) is 58.2 Å². The summed E-state index contributed by atoms with van der Waals surface area (Å²) in [7, 11) is 0. The van der Waals surface area contributed by atoms with E-state index in [-0.39, 0.29) is 11.2 Å². The topological polar surface area (TPSA) is 68.0 Å². The van der Waals surface area contributed by atoms with E-state index in [0.29, 0.717) is 17.7 Å². The second-order valence-electron chi connectivity index (χ2n) is 6.20. The Kier molecular flexibility index (Phi) is 5.73. The maximum Gasteiger partial charge on any atom is 0.277 e. The Balaban J connectivity index is 1.55. The fourth-order valence-corrected chi connectivity index (χ4v) is 3.02. The third kappa shape index (κ3) is 4.73. The van der Waals surface area contributed by atoms with Crippen molar-refractivity contribution in [2.24, 2.45) is 0 Å². The summed E-state index contributed by atoms with van der Waals surface area (Å²) in [5.41, 5.74) is 4.30. The first-order valence-corrected chi connectivity index (χ1v) is 9.29. The van der Waals surface area contributed by atoms with Gasteiger partial charge in [0.1, 0.15) is 0 Å². The maximum atomic E-state index is 12.3. The lowest BCUT2D eigenvalue weighted by Crippen LogP contribution is -2.30. The van der Waals surface area contributed by atoms with Gasteiger partial charge in [-0.2, -0.15) is 0 Å². The summed E-state index contributed by atoms with van der Waals surface area (Å²) in [6.45, 7) is 6.39. The van der Waals surface area contributed by atoms with Crippen molar-refractivity contribution in [2.45, 2.75) is 37.8 Å². The van der Waals surface area contributed by atoms with Gasteiger partial charge in [-0.15, -0.1) is 10.2 Å². The van der Waals surface area contributed by atoms with Crippen molar-refractivity contribution in [2.75, 3.05) is 0 Å². The summed E-state index contributed by atoms with van der Waals surface area (Å²) in [5, 5.41) is 11.1. The average Bonchev–Trinajstić information content (AvgIpc) is 3.10. The van der Waals surface area contributed by atoms with Crippen LogP contribution in [0.3, 0.4) is 0 Å². The lowest BCUT2D eigenvalue weighted by molar-refractivity contribution is -0.120. The molecule has 0 fully saturated rings. The van der Waals surface area contributed by atoms with E-state index >= 15 is 0 Å². The summed E-state index contributed by atoms with van der Waals surface area (Å²) < 4.78 is 5.67. The molecule has 1 aromatic heterocycles. The molecule has 5 nitrogen and oxygen atoms in total. The van der Waals surface area contributed by atoms with Crippen molar-refractivity contribution in [3.63, 3.8) is 0 Å². The van der Waals surface area contributed by atoms with Gasteiger partial charge in [-0.3, -0.25) is 4.79 Å². The van der Waals surface area contributed by atoms with Gasteiger partial charge >= 0.3 is 0 Å². The molecule has 0 aliphatic rings. The number of amides is 1. The first-order chi connectivity index (χ1) is 12.5. The monoisotopic (exact) mass is 367 g/mol. The van der Waals surface area contributed by atoms with Crippen LogP contribution in [-0.4, -0.2) is 21.4 Å². The SMILES string of the molecule is Cc1ccc(CNC(=O)[C@H](C)Sc2nnc(-c3ccc(C)cc3)o2)cc1. The number of rotatable bonds is 6. The zero-order chi connectivity index (χ0) is 18.5. The summed E-state index contributed by atoms with van der Waals surface area (Å²) in [6, 6.07) is 16.0. The number of hydrogen-bond donors (Lipinski definition) is 1. The van der Waals surface area contributed by atoms with Crippen LogP contribution < -0.4 is 5.32 Å². The highest BCUT2D eigenvalue weighted by Gasteiger charge is 2.18. The van der Waals surface area contributed by atoms with E-state index in [9.17, 15) is 4.79 Å². The quantitative estimate of drug-likeness (QED) is 0.663. The first-order valence-electron chi connectivity index (χ1n) is 8.42. The van der Waals surface area contributed by atoms with E-state index < -0.39 is 0 Å². The Hall–Kier alpha value is -2.60. The number of aryl methyl sites for hydroxylation is 2. The van der Waals surface area contributed by atoms with Crippen molar-refractivity contribution in [3.8, 4) is 11.5 Å². The zero-order valence-electron chi connectivity index (χ0n) is 15.0. The normalized spacial score (nSPS) is 12.0. The van der Waals surface area contributed by atoms with Crippen LogP contribution >= 0.6 is 11.8 Å². The summed E-state index contributed by atoms with van der Waals surface area (Å²) >= 11 is 1.26. The van der Waals surface area contributed by atoms with E-state index in [1.807, 2.05) is 69.3 Å². The van der Waals surface area contributed by atoms with E-state index in [1.54, 1.807) is 0 Å². The van der Waals surface area contributed by atoms with Gasteiger partial charge in [0.05, 0.1) is 5.25 Å². The van der Waals surface area contributed by atoms with Crippen LogP contribution in [0.5, 0.6) is 0 Å². The Morgan fingerprint density at radius 2 is 1.65 bits per heavy atom. The summed E-state index contributed by atoms with van der Waals surface area (Å²) in [5.74, 6) is 0.394. The van der Waals surface area contributed by atoms with Crippen molar-refractivity contribution in [1.29, 1.82) is 0 Å². The highest BCUT2D eigenvalue weighted by atomic mass is 32.2. The smallest absolute Gasteiger partial charge is 0.277 e. The van der Waals surface area contributed by atoms with Crippen molar-refractivity contribution in [3.05, 3.63) is 65.2 Å². The molecule has 3 rings (SSSR count). The van der Waals surface area contributed by atoms with E-state index in [2.05, 4.69) is 15.5 Å². The minimum atomic E-state index is -0.327. The summed E-state index contributed by atoms with van der Waals surface area (Å²) in [4.78, 5) is 12.3. The van der Waals surface area contributed by atoms with Crippen molar-refractivity contribution < 1.29 is 9.21 Å². The highest BCUT2D eigenvalue weighted by Crippen LogP contribution is 2.26. The fraction of sp³-hybridized carbons (Fsp3) is 0.250. The van der Waals surface area contributed by atoms with Gasteiger partial charge in [-0.05, 0) is 38.5 Å². The molecule has 0 spiro atoms. The number of carbonyl (C=O) groups excluding carboxylic acids is 1. The van der Waals surface area contributed by atoms with Gasteiger partial charge in [0.15, 0.2) is 0 Å². The maximum absolute atomic E-state index is 12.3. The van der Waals surface area contributed by atoms with Crippen LogP contribution in [0.2, 0.25) is 0 Å². The molecule has 0 aliphatic carbocycles. The molecule has 1 N–H and O–H groups in total. The molecule has 1 atom stereocenters. The Bertz CT molecular complexity index is 873. The Morgan fingerprint density at radius 1 is 1.04 bits per heavy atom. The lowest BCUT2D eigenvalue weighted by Gasteiger charge is -2.10. The second-order valence-corrected chi connectivity index (χ2v) is 7.49. The number of carbonyl (C=O) groups is 1. The number of nitrogens with zero attached hydrogens (tertiary/aromatic N) is 2. The van der Waals surface area contributed by atoms with Gasteiger partial charge < -0.3 is 9.73 Å². The predicted octanol–water partition coefficient (Wildman–Crippen LogP) is 4.15. The van der Waals surface area contributed by atoms with Crippen LogP contribution in [0.1, 0.15) is 23.6 Å². The molecule has 0 aliphatic heterocycles. The fourth-order valence-electron chi connectivity index (χ4n) is 2.31. The molecule has 134 valence electrons. The molecule has 3 aromatic rings. The van der Waals surface area contributed by atoms with Gasteiger partial charge in [0, 0.05) is 12.1 Å². The summed E-state index contributed by atoms with van der Waals surface area (Å²) in [6.07, 6.45) is 0. The van der Waals surface area contributed by atoms with E-state index in [1.165, 1.54) is 22.9 Å². The number of benzene rings is 2. The molecule has 0 unspecified atom stereocenters. The largest absolute Gasteiger partial charge is 0.411 e. The van der Waals surface area contributed by atoms with Gasteiger partial charge in [-0.1, -0.05) is 59.3 Å². The molecule has 1 heterocycles. The van der Waals surface area contributed by atoms with E-state index in [0.717, 1.165) is 11.1 Å². The standard InChI is InChI=1S/C20H21N3O2S/c1-13-4-8-16(9-5-13)12-21-18(24)15(3)26-20-23-22-19(25-20)17-10-6-14(2)7-11-17/h4-11,15H,12H2,1-3H3,(H,21,24)/t15-/m0/s1. The molecular weight excluding hydrogens is 346 g/mol. The van der Waals surface area contributed by atoms with Crippen molar-refractivity contribution >= 4 is 17.7 Å². The molecule has 0 radical (unpaired) electrons. The average molecular weight is 367 g/mol. The first kappa shape index (κ1) is 18.2. The van der Waals surface area contributed by atoms with Crippen LogP contribution in [0, 0.1) is 13.8 Å². The molecule has 0 bridgehead atoms. The van der Waals surface area contributed by atoms with Gasteiger partial charge in [-0.25, -0.2) is 0 Å². The van der Waals surface area contributed by atoms with Crippen LogP contribution in [-0.2, 0) is 11.3 Å². The molecular formula is C20H21N3O2S. The zero-order valence-corrected chi connectivity index (χ0v) is 15.8. The molecule has 0 saturated heterocycles. The third-order valence-corrected chi connectivity index (χ3v) is 4.87. The lowest BCUT2D eigenvalue weighted by atomic mass is 10.1. The Morgan fingerprint density at radius 3 is 2.31 bits per heavy atom. The minimum absolute atomic E-state index is 0.0642. The highest BCUT2D eigenvalue weighted by molar-refractivity contribution is 8.00. The van der Waals surface area contributed by atoms with Crippen LogP contribution in [0.25, 0.3) is 11.5 Å². The van der Waals surface area contributed by atoms with Gasteiger partial charge in [0.25, 0.3) is 5.22 Å². The minimum Gasteiger partial charge on any atom is -0.411 e. The third-order valence-electron chi connectivity index (χ3n) is 3.94. The molecule has 2 aromatic carbocycles. The molecule has 0 saturated carbocycles. The van der Waals surface area contributed by atoms with Crippen molar-refractivity contribution in [1.82, 2.24) is 15.5 Å². The number of aromatic nitrogens is 2. The van der Waals surface area contributed by atoms with E-state index in [4.69, 9.17) is 4.42 Å². The number of thioether (sulfide) groups is 1. The van der Waals surface area contributed by atoms with Crippen LogP contribution in [0.4, 0.5) is 0 Å². The predicted molar refractivity (Wildman–Crippen MR) is 103 cm³/mol.